The molecule has 0 saturated heterocycles. The van der Waals surface area contributed by atoms with Crippen molar-refractivity contribution in [2.45, 2.75) is 26.3 Å². The fourth-order valence-corrected chi connectivity index (χ4v) is 2.28. The van der Waals surface area contributed by atoms with Crippen molar-refractivity contribution in [3.63, 3.8) is 0 Å². The minimum Gasteiger partial charge on any atom is -0.482 e. The van der Waals surface area contributed by atoms with E-state index in [0.717, 1.165) is 5.56 Å². The van der Waals surface area contributed by atoms with Crippen molar-refractivity contribution in [1.82, 2.24) is 4.90 Å². The van der Waals surface area contributed by atoms with Crippen molar-refractivity contribution in [3.05, 3.63) is 27.7 Å². The molecule has 0 fully saturated rings. The highest BCUT2D eigenvalue weighted by Crippen LogP contribution is 2.33. The molecule has 1 aromatic rings. The largest absolute Gasteiger partial charge is 0.482 e. The van der Waals surface area contributed by atoms with Crippen LogP contribution in [-0.4, -0.2) is 37.0 Å². The summed E-state index contributed by atoms with van der Waals surface area (Å²) in [5.74, 6) is 0.372. The van der Waals surface area contributed by atoms with Crippen LogP contribution in [0.3, 0.4) is 0 Å². The van der Waals surface area contributed by atoms with Crippen LogP contribution < -0.4 is 10.5 Å². The Balaban J connectivity index is 2.90. The summed E-state index contributed by atoms with van der Waals surface area (Å²) in [5, 5.41) is 0.912. The molecule has 1 aromatic carbocycles. The molecule has 0 aliphatic rings. The van der Waals surface area contributed by atoms with Gasteiger partial charge in [0.2, 0.25) is 0 Å². The number of rotatable bonds is 6. The second kappa shape index (κ2) is 7.72. The summed E-state index contributed by atoms with van der Waals surface area (Å²) in [6, 6.07) is 3.30. The molecule has 0 radical (unpaired) electrons. The van der Waals surface area contributed by atoms with Gasteiger partial charge in [0.05, 0.1) is 5.02 Å². The standard InChI is InChI=1S/C14H20Cl2N2O2/c1-4-18(3)13(19)8-20-14-10(5-9(2)17)6-11(15)7-12(14)16/h6-7,9H,4-5,8,17H2,1-3H3. The Kier molecular flexibility index (Phi) is 6.59. The first-order chi connectivity index (χ1) is 9.35. The lowest BCUT2D eigenvalue weighted by atomic mass is 10.1. The Morgan fingerprint density at radius 1 is 1.45 bits per heavy atom. The van der Waals surface area contributed by atoms with E-state index >= 15 is 0 Å². The van der Waals surface area contributed by atoms with Crippen molar-refractivity contribution in [1.29, 1.82) is 0 Å². The number of amides is 1. The Hall–Kier alpha value is -0.970. The van der Waals surface area contributed by atoms with E-state index in [1.165, 1.54) is 0 Å². The first-order valence-electron chi connectivity index (χ1n) is 6.45. The third kappa shape index (κ3) is 4.85. The van der Waals surface area contributed by atoms with Gasteiger partial charge >= 0.3 is 0 Å². The molecule has 0 bridgehead atoms. The molecular formula is C14H20Cl2N2O2. The molecule has 2 N–H and O–H groups in total. The molecule has 4 nitrogen and oxygen atoms in total. The van der Waals surface area contributed by atoms with Crippen molar-refractivity contribution < 1.29 is 9.53 Å². The molecule has 0 aliphatic carbocycles. The number of nitrogens with zero attached hydrogens (tertiary/aromatic N) is 1. The summed E-state index contributed by atoms with van der Waals surface area (Å²) in [6.45, 7) is 4.35. The topological polar surface area (TPSA) is 55.6 Å². The van der Waals surface area contributed by atoms with Crippen LogP contribution in [0.5, 0.6) is 5.75 Å². The number of hydrogen-bond acceptors (Lipinski definition) is 3. The van der Waals surface area contributed by atoms with Crippen LogP contribution in [0.4, 0.5) is 0 Å². The van der Waals surface area contributed by atoms with E-state index in [9.17, 15) is 4.79 Å². The quantitative estimate of drug-likeness (QED) is 0.877. The van der Waals surface area contributed by atoms with E-state index in [0.29, 0.717) is 28.8 Å². The summed E-state index contributed by atoms with van der Waals surface area (Å²) in [5.41, 5.74) is 6.61. The predicted octanol–water partition coefficient (Wildman–Crippen LogP) is 2.74. The first-order valence-corrected chi connectivity index (χ1v) is 7.21. The molecule has 0 saturated carbocycles. The zero-order valence-corrected chi connectivity index (χ0v) is 13.5. The molecular weight excluding hydrogens is 299 g/mol. The maximum atomic E-state index is 11.8. The van der Waals surface area contributed by atoms with Gasteiger partial charge in [-0.2, -0.15) is 0 Å². The van der Waals surface area contributed by atoms with Gasteiger partial charge in [-0.15, -0.1) is 0 Å². The Morgan fingerprint density at radius 3 is 2.65 bits per heavy atom. The van der Waals surface area contributed by atoms with Crippen LogP contribution in [0.25, 0.3) is 0 Å². The van der Waals surface area contributed by atoms with Gasteiger partial charge in [-0.1, -0.05) is 23.2 Å². The smallest absolute Gasteiger partial charge is 0.260 e. The lowest BCUT2D eigenvalue weighted by Gasteiger charge is -2.18. The number of hydrogen-bond donors (Lipinski definition) is 1. The van der Waals surface area contributed by atoms with Crippen LogP contribution >= 0.6 is 23.2 Å². The van der Waals surface area contributed by atoms with Gasteiger partial charge in [0.1, 0.15) is 5.75 Å². The Labute approximate surface area is 129 Å². The van der Waals surface area contributed by atoms with Gasteiger partial charge < -0.3 is 15.4 Å². The normalized spacial score (nSPS) is 12.1. The van der Waals surface area contributed by atoms with E-state index in [4.69, 9.17) is 33.7 Å². The lowest BCUT2D eigenvalue weighted by Crippen LogP contribution is -2.31. The number of halogens is 2. The zero-order chi connectivity index (χ0) is 15.3. The molecule has 0 aromatic heterocycles. The summed E-state index contributed by atoms with van der Waals surface area (Å²) < 4.78 is 5.57. The van der Waals surface area contributed by atoms with Crippen LogP contribution in [0.15, 0.2) is 12.1 Å². The van der Waals surface area contributed by atoms with Crippen LogP contribution in [0, 0.1) is 0 Å². The molecule has 1 atom stereocenters. The minimum atomic E-state index is -0.106. The molecule has 112 valence electrons. The fourth-order valence-electron chi connectivity index (χ4n) is 1.69. The zero-order valence-electron chi connectivity index (χ0n) is 12.0. The van der Waals surface area contributed by atoms with Gasteiger partial charge in [-0.05, 0) is 38.0 Å². The van der Waals surface area contributed by atoms with E-state index in [1.54, 1.807) is 24.1 Å². The third-order valence-corrected chi connectivity index (χ3v) is 3.37. The van der Waals surface area contributed by atoms with Gasteiger partial charge in [0.25, 0.3) is 5.91 Å². The average molecular weight is 319 g/mol. The summed E-state index contributed by atoms with van der Waals surface area (Å²) in [4.78, 5) is 13.3. The molecule has 0 spiro atoms. The highest BCUT2D eigenvalue weighted by Gasteiger charge is 2.15. The van der Waals surface area contributed by atoms with Crippen molar-refractivity contribution >= 4 is 29.1 Å². The summed E-state index contributed by atoms with van der Waals surface area (Å²) >= 11 is 12.1. The number of benzene rings is 1. The number of nitrogens with two attached hydrogens (primary N) is 1. The highest BCUT2D eigenvalue weighted by molar-refractivity contribution is 6.35. The van der Waals surface area contributed by atoms with Gasteiger partial charge in [0, 0.05) is 24.7 Å². The summed E-state index contributed by atoms with van der Waals surface area (Å²) in [7, 11) is 1.72. The Bertz CT molecular complexity index is 478. The maximum Gasteiger partial charge on any atom is 0.260 e. The van der Waals surface area contributed by atoms with Gasteiger partial charge in [-0.3, -0.25) is 4.79 Å². The SMILES string of the molecule is CCN(C)C(=O)COc1c(Cl)cc(Cl)cc1CC(C)N. The molecule has 0 aliphatic heterocycles. The monoisotopic (exact) mass is 318 g/mol. The van der Waals surface area contributed by atoms with Crippen molar-refractivity contribution in [2.75, 3.05) is 20.2 Å². The van der Waals surface area contributed by atoms with Crippen LogP contribution in [0.1, 0.15) is 19.4 Å². The van der Waals surface area contributed by atoms with E-state index in [-0.39, 0.29) is 18.6 Å². The number of likely N-dealkylation sites (N-methyl/N-ethyl adjacent to an activating group) is 1. The number of ether oxygens (including phenoxy) is 1. The van der Waals surface area contributed by atoms with E-state index in [2.05, 4.69) is 0 Å². The lowest BCUT2D eigenvalue weighted by molar-refractivity contribution is -0.131. The second-order valence-corrected chi connectivity index (χ2v) is 5.60. The molecule has 0 heterocycles. The molecule has 1 amide bonds. The maximum absolute atomic E-state index is 11.8. The third-order valence-electron chi connectivity index (χ3n) is 2.87. The number of carbonyl (C=O) groups excluding carboxylic acids is 1. The fraction of sp³-hybridized carbons (Fsp3) is 0.500. The second-order valence-electron chi connectivity index (χ2n) is 4.75. The van der Waals surface area contributed by atoms with E-state index < -0.39 is 0 Å². The Morgan fingerprint density at radius 2 is 2.10 bits per heavy atom. The molecule has 6 heteroatoms. The van der Waals surface area contributed by atoms with Crippen molar-refractivity contribution in [3.8, 4) is 5.75 Å². The van der Waals surface area contributed by atoms with Crippen LogP contribution in [0.2, 0.25) is 10.0 Å². The first kappa shape index (κ1) is 17.1. The van der Waals surface area contributed by atoms with Crippen LogP contribution in [-0.2, 0) is 11.2 Å². The van der Waals surface area contributed by atoms with Gasteiger partial charge in [0.15, 0.2) is 6.61 Å². The number of carbonyl (C=O) groups is 1. The average Bonchev–Trinajstić information content (AvgIpc) is 2.35. The predicted molar refractivity (Wildman–Crippen MR) is 82.6 cm³/mol. The van der Waals surface area contributed by atoms with Crippen molar-refractivity contribution in [2.24, 2.45) is 5.73 Å². The molecule has 1 rings (SSSR count). The summed E-state index contributed by atoms with van der Waals surface area (Å²) in [6.07, 6.45) is 0.577. The molecule has 1 unspecified atom stereocenters. The molecule has 20 heavy (non-hydrogen) atoms. The van der Waals surface area contributed by atoms with E-state index in [1.807, 2.05) is 13.8 Å². The highest BCUT2D eigenvalue weighted by atomic mass is 35.5. The minimum absolute atomic E-state index is 0.0547. The van der Waals surface area contributed by atoms with Gasteiger partial charge in [-0.25, -0.2) is 0 Å².